The van der Waals surface area contributed by atoms with Gasteiger partial charge >= 0.3 is 12.4 Å². The Balaban J connectivity index is 1.61. The van der Waals surface area contributed by atoms with Gasteiger partial charge in [0.05, 0.1) is 11.1 Å². The molecule has 0 bridgehead atoms. The van der Waals surface area contributed by atoms with E-state index in [2.05, 4.69) is 9.80 Å². The summed E-state index contributed by atoms with van der Waals surface area (Å²) in [4.78, 5) is 4.44. The van der Waals surface area contributed by atoms with Gasteiger partial charge in [0.2, 0.25) is 0 Å². The quantitative estimate of drug-likeness (QED) is 0.296. The van der Waals surface area contributed by atoms with Crippen LogP contribution in [-0.2, 0) is 30.9 Å². The number of benzene rings is 3. The molecule has 1 aliphatic heterocycles. The Labute approximate surface area is 217 Å². The standard InChI is InChI=1S/C28H27ClF6N2/c1-26(22-5-3-2-4-6-22,18-21-15-23(27(30,31)32)17-24(16-21)28(33,34)35)37-13-11-36(12-14-37)19-20-7-9-25(29)10-8-20/h2-10,15-17H,11-14,18-19H2,1H3. The molecule has 0 aromatic heterocycles. The first-order chi connectivity index (χ1) is 17.3. The molecule has 1 heterocycles. The molecule has 1 atom stereocenters. The Morgan fingerprint density at radius 1 is 0.676 bits per heavy atom. The highest BCUT2D eigenvalue weighted by molar-refractivity contribution is 6.30. The number of halogens is 7. The second-order valence-corrected chi connectivity index (χ2v) is 10.1. The lowest BCUT2D eigenvalue weighted by atomic mass is 9.82. The van der Waals surface area contributed by atoms with Gasteiger partial charge in [-0.05, 0) is 60.4 Å². The van der Waals surface area contributed by atoms with Gasteiger partial charge in [-0.1, -0.05) is 54.1 Å². The third-order valence-electron chi connectivity index (χ3n) is 6.98. The van der Waals surface area contributed by atoms with Gasteiger partial charge in [-0.2, -0.15) is 26.3 Å². The summed E-state index contributed by atoms with van der Waals surface area (Å²) in [6, 6.07) is 18.7. The summed E-state index contributed by atoms with van der Waals surface area (Å²) in [6.07, 6.45) is -9.76. The molecule has 1 fully saturated rings. The SMILES string of the molecule is CC(Cc1cc(C(F)(F)F)cc(C(F)(F)F)c1)(c1ccccc1)N1CCN(Cc2ccc(Cl)cc2)CC1. The van der Waals surface area contributed by atoms with Gasteiger partial charge < -0.3 is 0 Å². The van der Waals surface area contributed by atoms with Crippen molar-refractivity contribution in [2.45, 2.75) is 37.8 Å². The van der Waals surface area contributed by atoms with Crippen LogP contribution < -0.4 is 0 Å². The highest BCUT2D eigenvalue weighted by Gasteiger charge is 2.40. The minimum absolute atomic E-state index is 0.00119. The lowest BCUT2D eigenvalue weighted by molar-refractivity contribution is -0.143. The fourth-order valence-electron chi connectivity index (χ4n) is 4.96. The molecule has 0 aliphatic carbocycles. The van der Waals surface area contributed by atoms with E-state index in [1.54, 1.807) is 0 Å². The van der Waals surface area contributed by atoms with Crippen molar-refractivity contribution in [2.24, 2.45) is 0 Å². The third kappa shape index (κ3) is 6.67. The van der Waals surface area contributed by atoms with Gasteiger partial charge in [0.1, 0.15) is 0 Å². The summed E-state index contributed by atoms with van der Waals surface area (Å²) in [7, 11) is 0. The molecule has 3 aromatic rings. The van der Waals surface area contributed by atoms with E-state index in [0.717, 1.165) is 29.8 Å². The van der Waals surface area contributed by atoms with Crippen molar-refractivity contribution >= 4 is 11.6 Å². The Morgan fingerprint density at radius 2 is 1.22 bits per heavy atom. The van der Waals surface area contributed by atoms with Gasteiger partial charge in [-0.15, -0.1) is 0 Å². The smallest absolute Gasteiger partial charge is 0.297 e. The summed E-state index contributed by atoms with van der Waals surface area (Å²) in [5.41, 5.74) is -1.43. The molecule has 4 rings (SSSR count). The summed E-state index contributed by atoms with van der Waals surface area (Å²) >= 11 is 5.97. The first-order valence-corrected chi connectivity index (χ1v) is 12.3. The number of nitrogens with zero attached hydrogens (tertiary/aromatic N) is 2. The van der Waals surface area contributed by atoms with Crippen LogP contribution in [0.1, 0.15) is 34.7 Å². The zero-order valence-electron chi connectivity index (χ0n) is 20.2. The molecule has 1 saturated heterocycles. The Morgan fingerprint density at radius 3 is 1.73 bits per heavy atom. The van der Waals surface area contributed by atoms with Crippen molar-refractivity contribution in [3.05, 3.63) is 106 Å². The van der Waals surface area contributed by atoms with E-state index in [1.165, 1.54) is 0 Å². The van der Waals surface area contributed by atoms with Gasteiger partial charge in [-0.3, -0.25) is 9.80 Å². The van der Waals surface area contributed by atoms with Crippen molar-refractivity contribution in [3.63, 3.8) is 0 Å². The summed E-state index contributed by atoms with van der Waals surface area (Å²) in [5.74, 6) is 0. The maximum atomic E-state index is 13.5. The molecule has 9 heteroatoms. The van der Waals surface area contributed by atoms with Crippen LogP contribution in [0.4, 0.5) is 26.3 Å². The second kappa shape index (κ2) is 10.7. The molecule has 0 amide bonds. The van der Waals surface area contributed by atoms with E-state index in [0.29, 0.717) is 31.2 Å². The zero-order valence-corrected chi connectivity index (χ0v) is 21.0. The minimum atomic E-state index is -4.88. The average Bonchev–Trinajstić information content (AvgIpc) is 2.85. The average molecular weight is 541 g/mol. The lowest BCUT2D eigenvalue weighted by Crippen LogP contribution is -2.55. The van der Waals surface area contributed by atoms with Crippen LogP contribution in [-0.4, -0.2) is 36.0 Å². The first-order valence-electron chi connectivity index (χ1n) is 11.9. The third-order valence-corrected chi connectivity index (χ3v) is 7.23. The summed E-state index contributed by atoms with van der Waals surface area (Å²) in [5, 5.41) is 0.662. The Hall–Kier alpha value is -2.55. The van der Waals surface area contributed by atoms with E-state index in [9.17, 15) is 26.3 Å². The van der Waals surface area contributed by atoms with Crippen LogP contribution in [0.25, 0.3) is 0 Å². The number of hydrogen-bond donors (Lipinski definition) is 0. The fourth-order valence-corrected chi connectivity index (χ4v) is 5.09. The van der Waals surface area contributed by atoms with Gasteiger partial charge in [0.25, 0.3) is 0 Å². The molecular weight excluding hydrogens is 514 g/mol. The highest BCUT2D eigenvalue weighted by atomic mass is 35.5. The van der Waals surface area contributed by atoms with E-state index >= 15 is 0 Å². The lowest BCUT2D eigenvalue weighted by Gasteiger charge is -2.46. The molecule has 37 heavy (non-hydrogen) atoms. The molecule has 0 N–H and O–H groups in total. The maximum absolute atomic E-state index is 13.5. The molecule has 1 aliphatic rings. The minimum Gasteiger partial charge on any atom is -0.297 e. The van der Waals surface area contributed by atoms with Crippen LogP contribution in [0, 0.1) is 0 Å². The number of piperazine rings is 1. The van der Waals surface area contributed by atoms with Gasteiger partial charge in [0.15, 0.2) is 0 Å². The van der Waals surface area contributed by atoms with Crippen molar-refractivity contribution in [1.82, 2.24) is 9.80 Å². The predicted molar refractivity (Wildman–Crippen MR) is 132 cm³/mol. The van der Waals surface area contributed by atoms with Crippen molar-refractivity contribution in [1.29, 1.82) is 0 Å². The van der Waals surface area contributed by atoms with Crippen molar-refractivity contribution in [3.8, 4) is 0 Å². The molecule has 198 valence electrons. The van der Waals surface area contributed by atoms with Crippen LogP contribution >= 0.6 is 11.6 Å². The molecular formula is C28H27ClF6N2. The van der Waals surface area contributed by atoms with Crippen LogP contribution in [0.3, 0.4) is 0 Å². The first kappa shape index (κ1) is 27.5. The second-order valence-electron chi connectivity index (χ2n) is 9.62. The highest BCUT2D eigenvalue weighted by Crippen LogP contribution is 2.39. The number of hydrogen-bond acceptors (Lipinski definition) is 2. The molecule has 0 radical (unpaired) electrons. The molecule has 3 aromatic carbocycles. The van der Waals surface area contributed by atoms with Gasteiger partial charge in [0, 0.05) is 43.3 Å². The van der Waals surface area contributed by atoms with Crippen LogP contribution in [0.15, 0.2) is 72.8 Å². The monoisotopic (exact) mass is 540 g/mol. The summed E-state index contributed by atoms with van der Waals surface area (Å²) < 4.78 is 81.0. The molecule has 0 saturated carbocycles. The van der Waals surface area contributed by atoms with Crippen LogP contribution in [0.5, 0.6) is 0 Å². The molecule has 1 unspecified atom stereocenters. The predicted octanol–water partition coefficient (Wildman–Crippen LogP) is 7.65. The molecule has 0 spiro atoms. The topological polar surface area (TPSA) is 6.48 Å². The van der Waals surface area contributed by atoms with Crippen molar-refractivity contribution < 1.29 is 26.3 Å². The van der Waals surface area contributed by atoms with E-state index in [4.69, 9.17) is 11.6 Å². The maximum Gasteiger partial charge on any atom is 0.416 e. The Kier molecular flexibility index (Phi) is 7.93. The van der Waals surface area contributed by atoms with Gasteiger partial charge in [-0.25, -0.2) is 0 Å². The van der Waals surface area contributed by atoms with E-state index in [1.807, 2.05) is 61.5 Å². The number of rotatable bonds is 6. The van der Waals surface area contributed by atoms with Crippen LogP contribution in [0.2, 0.25) is 5.02 Å². The zero-order chi connectivity index (χ0) is 26.8. The fraction of sp³-hybridized carbons (Fsp3) is 0.357. The van der Waals surface area contributed by atoms with E-state index < -0.39 is 29.0 Å². The Bertz CT molecular complexity index is 1150. The van der Waals surface area contributed by atoms with Crippen molar-refractivity contribution in [2.75, 3.05) is 26.2 Å². The normalized spacial score (nSPS) is 17.5. The largest absolute Gasteiger partial charge is 0.416 e. The van der Waals surface area contributed by atoms with E-state index in [-0.39, 0.29) is 18.1 Å². The summed E-state index contributed by atoms with van der Waals surface area (Å²) in [6.45, 7) is 5.28. The number of alkyl halides is 6. The molecule has 2 nitrogen and oxygen atoms in total.